The lowest BCUT2D eigenvalue weighted by Gasteiger charge is -2.15. The number of aromatic nitrogens is 1. The van der Waals surface area contributed by atoms with Gasteiger partial charge in [-0.2, -0.15) is 0 Å². The van der Waals surface area contributed by atoms with Crippen LogP contribution >= 0.6 is 0 Å². The van der Waals surface area contributed by atoms with Gasteiger partial charge in [-0.15, -0.1) is 0 Å². The Labute approximate surface area is 130 Å². The number of carbonyl (C=O) groups excluding carboxylic acids is 2. The van der Waals surface area contributed by atoms with Crippen molar-refractivity contribution in [1.29, 1.82) is 0 Å². The lowest BCUT2D eigenvalue weighted by atomic mass is 10.0. The Morgan fingerprint density at radius 2 is 1.77 bits per heavy atom. The van der Waals surface area contributed by atoms with E-state index in [4.69, 9.17) is 0 Å². The Hall–Kier alpha value is -2.69. The van der Waals surface area contributed by atoms with Gasteiger partial charge in [-0.1, -0.05) is 24.3 Å². The highest BCUT2D eigenvalue weighted by Crippen LogP contribution is 2.25. The fraction of sp³-hybridized carbons (Fsp3) is 0.235. The molecule has 2 rings (SSSR count). The molecule has 2 amide bonds. The molecule has 1 aromatic heterocycles. The summed E-state index contributed by atoms with van der Waals surface area (Å²) in [6.07, 6.45) is 0. The van der Waals surface area contributed by atoms with Gasteiger partial charge in [-0.3, -0.25) is 9.59 Å². The molecular formula is C17H19N3O2. The van der Waals surface area contributed by atoms with Crippen LogP contribution in [0.3, 0.4) is 0 Å². The average molecular weight is 297 g/mol. The zero-order valence-corrected chi connectivity index (χ0v) is 13.2. The van der Waals surface area contributed by atoms with Gasteiger partial charge in [0.1, 0.15) is 5.82 Å². The highest BCUT2D eigenvalue weighted by Gasteiger charge is 2.17. The summed E-state index contributed by atoms with van der Waals surface area (Å²) in [5, 5.41) is 2.64. The second-order valence-electron chi connectivity index (χ2n) is 5.29. The van der Waals surface area contributed by atoms with Crippen molar-refractivity contribution in [2.75, 3.05) is 19.4 Å². The molecule has 5 heteroatoms. The van der Waals surface area contributed by atoms with Crippen LogP contribution in [0.4, 0.5) is 5.82 Å². The summed E-state index contributed by atoms with van der Waals surface area (Å²) in [6, 6.07) is 11.3. The van der Waals surface area contributed by atoms with E-state index in [2.05, 4.69) is 10.3 Å². The molecule has 1 N–H and O–H groups in total. The molecular weight excluding hydrogens is 278 g/mol. The molecule has 0 saturated heterocycles. The molecule has 0 atom stereocenters. The zero-order chi connectivity index (χ0) is 16.3. The minimum atomic E-state index is -0.262. The molecule has 0 saturated carbocycles. The third-order valence-electron chi connectivity index (χ3n) is 3.25. The van der Waals surface area contributed by atoms with Crippen LogP contribution in [0.2, 0.25) is 0 Å². The summed E-state index contributed by atoms with van der Waals surface area (Å²) >= 11 is 0. The van der Waals surface area contributed by atoms with E-state index in [0.29, 0.717) is 5.56 Å². The smallest absolute Gasteiger partial charge is 0.257 e. The van der Waals surface area contributed by atoms with Crippen LogP contribution < -0.4 is 5.32 Å². The summed E-state index contributed by atoms with van der Waals surface area (Å²) in [5.74, 6) is -0.179. The molecule has 0 radical (unpaired) electrons. The molecule has 0 unspecified atom stereocenters. The monoisotopic (exact) mass is 297 g/mol. The Kier molecular flexibility index (Phi) is 4.56. The van der Waals surface area contributed by atoms with Gasteiger partial charge < -0.3 is 10.2 Å². The summed E-state index contributed by atoms with van der Waals surface area (Å²) < 4.78 is 0. The Balaban J connectivity index is 2.55. The van der Waals surface area contributed by atoms with Gasteiger partial charge in [0.05, 0.1) is 11.3 Å². The lowest BCUT2D eigenvalue weighted by Crippen LogP contribution is -2.24. The molecule has 5 nitrogen and oxygen atoms in total. The number of hydrogen-bond donors (Lipinski definition) is 1. The van der Waals surface area contributed by atoms with E-state index < -0.39 is 0 Å². The highest BCUT2D eigenvalue weighted by atomic mass is 16.2. The third-order valence-corrected chi connectivity index (χ3v) is 3.25. The first-order chi connectivity index (χ1) is 10.4. The normalized spacial score (nSPS) is 10.2. The number of nitrogens with one attached hydrogen (secondary N) is 1. The number of aryl methyl sites for hydroxylation is 1. The summed E-state index contributed by atoms with van der Waals surface area (Å²) in [5.41, 5.74) is 3.14. The molecule has 0 aliphatic carbocycles. The topological polar surface area (TPSA) is 62.3 Å². The predicted molar refractivity (Wildman–Crippen MR) is 86.7 cm³/mol. The second kappa shape index (κ2) is 6.39. The first kappa shape index (κ1) is 15.7. The molecule has 1 aromatic carbocycles. The molecule has 0 aliphatic heterocycles. The van der Waals surface area contributed by atoms with E-state index in [-0.39, 0.29) is 17.6 Å². The number of carbonyl (C=O) groups is 2. The Morgan fingerprint density at radius 1 is 1.09 bits per heavy atom. The number of amides is 2. The quantitative estimate of drug-likeness (QED) is 0.947. The fourth-order valence-corrected chi connectivity index (χ4v) is 2.14. The van der Waals surface area contributed by atoms with Crippen molar-refractivity contribution in [3.8, 4) is 11.3 Å². The van der Waals surface area contributed by atoms with Crippen LogP contribution in [0.15, 0.2) is 36.4 Å². The molecule has 0 aliphatic rings. The van der Waals surface area contributed by atoms with Gasteiger partial charge in [-0.25, -0.2) is 4.98 Å². The SMILES string of the molecule is CC(=O)Nc1nc(-c2ccccc2C)ccc1C(=O)N(C)C. The fourth-order valence-electron chi connectivity index (χ4n) is 2.14. The van der Waals surface area contributed by atoms with Gasteiger partial charge in [0, 0.05) is 26.6 Å². The number of nitrogens with zero attached hydrogens (tertiary/aromatic N) is 2. The van der Waals surface area contributed by atoms with Crippen molar-refractivity contribution in [3.63, 3.8) is 0 Å². The van der Waals surface area contributed by atoms with Gasteiger partial charge in [0.25, 0.3) is 5.91 Å². The average Bonchev–Trinajstić information content (AvgIpc) is 2.46. The first-order valence-electron chi connectivity index (χ1n) is 6.96. The van der Waals surface area contributed by atoms with Crippen molar-refractivity contribution in [2.24, 2.45) is 0 Å². The number of pyridine rings is 1. The minimum absolute atomic E-state index is 0.201. The van der Waals surface area contributed by atoms with Crippen LogP contribution in [-0.2, 0) is 4.79 Å². The molecule has 0 fully saturated rings. The van der Waals surface area contributed by atoms with E-state index >= 15 is 0 Å². The van der Waals surface area contributed by atoms with Gasteiger partial charge in [0.15, 0.2) is 0 Å². The molecule has 22 heavy (non-hydrogen) atoms. The summed E-state index contributed by atoms with van der Waals surface area (Å²) in [7, 11) is 3.32. The van der Waals surface area contributed by atoms with Crippen molar-refractivity contribution in [2.45, 2.75) is 13.8 Å². The van der Waals surface area contributed by atoms with Crippen molar-refractivity contribution in [3.05, 3.63) is 47.5 Å². The van der Waals surface area contributed by atoms with Gasteiger partial charge in [0.2, 0.25) is 5.91 Å². The van der Waals surface area contributed by atoms with E-state index in [1.807, 2.05) is 31.2 Å². The maximum absolute atomic E-state index is 12.2. The second-order valence-corrected chi connectivity index (χ2v) is 5.29. The number of hydrogen-bond acceptors (Lipinski definition) is 3. The first-order valence-corrected chi connectivity index (χ1v) is 6.96. The molecule has 2 aromatic rings. The van der Waals surface area contributed by atoms with E-state index in [9.17, 15) is 9.59 Å². The summed E-state index contributed by atoms with van der Waals surface area (Å²) in [6.45, 7) is 3.39. The van der Waals surface area contributed by atoms with Gasteiger partial charge >= 0.3 is 0 Å². The van der Waals surface area contributed by atoms with Crippen LogP contribution in [0.5, 0.6) is 0 Å². The maximum atomic E-state index is 12.2. The molecule has 0 spiro atoms. The standard InChI is InChI=1S/C17H19N3O2/c1-11-7-5-6-8-13(11)15-10-9-14(17(22)20(3)4)16(19-15)18-12(2)21/h5-10H,1-4H3,(H,18,19,21). The third kappa shape index (κ3) is 3.31. The van der Waals surface area contributed by atoms with E-state index in [0.717, 1.165) is 16.8 Å². The molecule has 1 heterocycles. The highest BCUT2D eigenvalue weighted by molar-refractivity contribution is 6.02. The Morgan fingerprint density at radius 3 is 2.36 bits per heavy atom. The van der Waals surface area contributed by atoms with E-state index in [1.165, 1.54) is 11.8 Å². The predicted octanol–water partition coefficient (Wildman–Crippen LogP) is 2.72. The molecule has 114 valence electrons. The van der Waals surface area contributed by atoms with Crippen LogP contribution in [0.1, 0.15) is 22.8 Å². The van der Waals surface area contributed by atoms with Crippen LogP contribution in [0.25, 0.3) is 11.3 Å². The maximum Gasteiger partial charge on any atom is 0.257 e. The number of anilines is 1. The largest absolute Gasteiger partial charge is 0.345 e. The van der Waals surface area contributed by atoms with Crippen molar-refractivity contribution in [1.82, 2.24) is 9.88 Å². The Bertz CT molecular complexity index is 724. The number of benzene rings is 1. The number of rotatable bonds is 3. The van der Waals surface area contributed by atoms with Crippen LogP contribution in [0, 0.1) is 6.92 Å². The van der Waals surface area contributed by atoms with Gasteiger partial charge in [-0.05, 0) is 24.6 Å². The zero-order valence-electron chi connectivity index (χ0n) is 13.2. The van der Waals surface area contributed by atoms with E-state index in [1.54, 1.807) is 26.2 Å². The van der Waals surface area contributed by atoms with Crippen molar-refractivity contribution < 1.29 is 9.59 Å². The minimum Gasteiger partial charge on any atom is -0.345 e. The van der Waals surface area contributed by atoms with Crippen molar-refractivity contribution >= 4 is 17.6 Å². The lowest BCUT2D eigenvalue weighted by molar-refractivity contribution is -0.114. The molecule has 0 bridgehead atoms. The summed E-state index contributed by atoms with van der Waals surface area (Å²) in [4.78, 5) is 29.5. The van der Waals surface area contributed by atoms with Crippen LogP contribution in [-0.4, -0.2) is 35.8 Å².